The van der Waals surface area contributed by atoms with Crippen LogP contribution in [0.5, 0.6) is 0 Å². The lowest BCUT2D eigenvalue weighted by molar-refractivity contribution is 0.0826. The first-order chi connectivity index (χ1) is 7.20. The molecule has 2 rings (SSSR count). The van der Waals surface area contributed by atoms with Gasteiger partial charge in [-0.15, -0.1) is 0 Å². The monoisotopic (exact) mass is 204 g/mol. The Bertz CT molecular complexity index is 385. The molecule has 1 aliphatic heterocycles. The fourth-order valence-corrected chi connectivity index (χ4v) is 1.95. The standard InChI is InChI=1S/C12H16N2O/c1-14(2)12(15)10-5-3-7-11-9(10)6-4-8-13-11/h3,5,7,13H,4,6,8H2,1-2H3. The number of rotatable bonds is 1. The lowest BCUT2D eigenvalue weighted by Gasteiger charge is -2.21. The number of anilines is 1. The van der Waals surface area contributed by atoms with E-state index in [4.69, 9.17) is 0 Å². The van der Waals surface area contributed by atoms with Gasteiger partial charge in [0.15, 0.2) is 0 Å². The van der Waals surface area contributed by atoms with Crippen molar-refractivity contribution in [2.75, 3.05) is 26.0 Å². The quantitative estimate of drug-likeness (QED) is 0.755. The van der Waals surface area contributed by atoms with Crippen LogP contribution in [0.25, 0.3) is 0 Å². The molecule has 0 radical (unpaired) electrons. The highest BCUT2D eigenvalue weighted by molar-refractivity contribution is 5.97. The summed E-state index contributed by atoms with van der Waals surface area (Å²) in [4.78, 5) is 13.5. The average molecular weight is 204 g/mol. The van der Waals surface area contributed by atoms with Crippen LogP contribution in [-0.4, -0.2) is 31.4 Å². The molecule has 1 amide bonds. The number of carbonyl (C=O) groups is 1. The van der Waals surface area contributed by atoms with E-state index in [1.165, 1.54) is 5.56 Å². The molecule has 0 fully saturated rings. The third kappa shape index (κ3) is 1.82. The third-order valence-corrected chi connectivity index (χ3v) is 2.73. The van der Waals surface area contributed by atoms with Crippen LogP contribution in [0.1, 0.15) is 22.3 Å². The van der Waals surface area contributed by atoms with Gasteiger partial charge in [0.1, 0.15) is 0 Å². The van der Waals surface area contributed by atoms with Gasteiger partial charge < -0.3 is 10.2 Å². The van der Waals surface area contributed by atoms with Crippen LogP contribution < -0.4 is 5.32 Å². The summed E-state index contributed by atoms with van der Waals surface area (Å²) in [5.41, 5.74) is 3.13. The van der Waals surface area contributed by atoms with Crippen LogP contribution >= 0.6 is 0 Å². The van der Waals surface area contributed by atoms with Crippen LogP contribution in [0.15, 0.2) is 18.2 Å². The van der Waals surface area contributed by atoms with E-state index in [1.54, 1.807) is 19.0 Å². The van der Waals surface area contributed by atoms with Crippen LogP contribution in [0.2, 0.25) is 0 Å². The van der Waals surface area contributed by atoms with E-state index in [2.05, 4.69) is 5.32 Å². The summed E-state index contributed by atoms with van der Waals surface area (Å²) in [6, 6.07) is 5.89. The number of nitrogens with zero attached hydrogens (tertiary/aromatic N) is 1. The Labute approximate surface area is 90.1 Å². The van der Waals surface area contributed by atoms with Crippen LogP contribution in [0.4, 0.5) is 5.69 Å². The van der Waals surface area contributed by atoms with Gasteiger partial charge in [0.2, 0.25) is 0 Å². The SMILES string of the molecule is CN(C)C(=O)c1cccc2c1CCCN2. The second-order valence-corrected chi connectivity index (χ2v) is 4.06. The first-order valence-corrected chi connectivity index (χ1v) is 5.27. The highest BCUT2D eigenvalue weighted by atomic mass is 16.2. The summed E-state index contributed by atoms with van der Waals surface area (Å²) in [6.07, 6.45) is 2.10. The minimum atomic E-state index is 0.0931. The fourth-order valence-electron chi connectivity index (χ4n) is 1.95. The molecule has 3 heteroatoms. The van der Waals surface area contributed by atoms with Gasteiger partial charge in [-0.3, -0.25) is 4.79 Å². The average Bonchev–Trinajstić information content (AvgIpc) is 2.27. The highest BCUT2D eigenvalue weighted by Crippen LogP contribution is 2.25. The molecule has 0 saturated carbocycles. The predicted molar refractivity (Wildman–Crippen MR) is 61.3 cm³/mol. The first-order valence-electron chi connectivity index (χ1n) is 5.27. The van der Waals surface area contributed by atoms with Crippen molar-refractivity contribution >= 4 is 11.6 Å². The van der Waals surface area contributed by atoms with E-state index >= 15 is 0 Å². The fraction of sp³-hybridized carbons (Fsp3) is 0.417. The predicted octanol–water partition coefficient (Wildman–Crippen LogP) is 1.75. The summed E-state index contributed by atoms with van der Waals surface area (Å²) >= 11 is 0. The first kappa shape index (κ1) is 10.0. The molecule has 3 nitrogen and oxygen atoms in total. The maximum absolute atomic E-state index is 11.9. The van der Waals surface area contributed by atoms with Gasteiger partial charge >= 0.3 is 0 Å². The number of amides is 1. The highest BCUT2D eigenvalue weighted by Gasteiger charge is 2.17. The van der Waals surface area contributed by atoms with Crippen molar-refractivity contribution in [3.8, 4) is 0 Å². The second kappa shape index (κ2) is 3.93. The van der Waals surface area contributed by atoms with Gasteiger partial charge in [-0.05, 0) is 30.5 Å². The number of hydrogen-bond donors (Lipinski definition) is 1. The van der Waals surface area contributed by atoms with Crippen LogP contribution in [-0.2, 0) is 6.42 Å². The van der Waals surface area contributed by atoms with Crippen molar-refractivity contribution in [1.29, 1.82) is 0 Å². The smallest absolute Gasteiger partial charge is 0.253 e. The van der Waals surface area contributed by atoms with Gasteiger partial charge in [-0.2, -0.15) is 0 Å². The number of hydrogen-bond acceptors (Lipinski definition) is 2. The lowest BCUT2D eigenvalue weighted by atomic mass is 9.97. The van der Waals surface area contributed by atoms with E-state index in [-0.39, 0.29) is 5.91 Å². The molecule has 0 spiro atoms. The van der Waals surface area contributed by atoms with Crippen molar-refractivity contribution in [1.82, 2.24) is 4.90 Å². The Balaban J connectivity index is 2.43. The van der Waals surface area contributed by atoms with Crippen molar-refractivity contribution < 1.29 is 4.79 Å². The summed E-state index contributed by atoms with van der Waals surface area (Å²) in [5, 5.41) is 3.33. The van der Waals surface area contributed by atoms with Gasteiger partial charge in [0.05, 0.1) is 0 Å². The minimum absolute atomic E-state index is 0.0931. The van der Waals surface area contributed by atoms with Crippen LogP contribution in [0, 0.1) is 0 Å². The lowest BCUT2D eigenvalue weighted by Crippen LogP contribution is -2.24. The molecule has 1 aromatic rings. The van der Waals surface area contributed by atoms with Crippen molar-refractivity contribution in [2.24, 2.45) is 0 Å². The summed E-state index contributed by atoms with van der Waals surface area (Å²) in [7, 11) is 3.58. The van der Waals surface area contributed by atoms with E-state index in [0.717, 1.165) is 30.6 Å². The van der Waals surface area contributed by atoms with E-state index in [9.17, 15) is 4.79 Å². The van der Waals surface area contributed by atoms with Gasteiger partial charge in [0, 0.05) is 31.9 Å². The maximum atomic E-state index is 11.9. The number of carbonyl (C=O) groups excluding carboxylic acids is 1. The molecule has 15 heavy (non-hydrogen) atoms. The van der Waals surface area contributed by atoms with Gasteiger partial charge in [0.25, 0.3) is 5.91 Å². The molecule has 0 bridgehead atoms. The normalized spacial score (nSPS) is 14.0. The van der Waals surface area contributed by atoms with E-state index in [1.807, 2.05) is 18.2 Å². The summed E-state index contributed by atoms with van der Waals surface area (Å²) in [5.74, 6) is 0.0931. The number of benzene rings is 1. The van der Waals surface area contributed by atoms with Crippen LogP contribution in [0.3, 0.4) is 0 Å². The molecule has 1 heterocycles. The summed E-state index contributed by atoms with van der Waals surface area (Å²) < 4.78 is 0. The number of fused-ring (bicyclic) bond motifs is 1. The Hall–Kier alpha value is -1.51. The zero-order valence-corrected chi connectivity index (χ0v) is 9.21. The molecule has 0 aliphatic carbocycles. The molecule has 1 N–H and O–H groups in total. The molecular weight excluding hydrogens is 188 g/mol. The zero-order chi connectivity index (χ0) is 10.8. The summed E-state index contributed by atoms with van der Waals surface area (Å²) in [6.45, 7) is 1.01. The molecule has 0 saturated heterocycles. The molecule has 80 valence electrons. The molecular formula is C12H16N2O. The number of nitrogens with one attached hydrogen (secondary N) is 1. The second-order valence-electron chi connectivity index (χ2n) is 4.06. The Morgan fingerprint density at radius 1 is 1.40 bits per heavy atom. The largest absolute Gasteiger partial charge is 0.385 e. The van der Waals surface area contributed by atoms with Crippen molar-refractivity contribution in [3.63, 3.8) is 0 Å². The molecule has 1 aliphatic rings. The topological polar surface area (TPSA) is 32.3 Å². The van der Waals surface area contributed by atoms with Crippen molar-refractivity contribution in [2.45, 2.75) is 12.8 Å². The van der Waals surface area contributed by atoms with Gasteiger partial charge in [-0.1, -0.05) is 6.07 Å². The Kier molecular flexibility index (Phi) is 2.62. The molecule has 1 aromatic carbocycles. The van der Waals surface area contributed by atoms with Gasteiger partial charge in [-0.25, -0.2) is 0 Å². The van der Waals surface area contributed by atoms with E-state index in [0.29, 0.717) is 0 Å². The Morgan fingerprint density at radius 3 is 2.93 bits per heavy atom. The Morgan fingerprint density at radius 2 is 2.20 bits per heavy atom. The molecule has 0 aromatic heterocycles. The minimum Gasteiger partial charge on any atom is -0.385 e. The molecule has 0 atom stereocenters. The zero-order valence-electron chi connectivity index (χ0n) is 9.21. The van der Waals surface area contributed by atoms with Crippen molar-refractivity contribution in [3.05, 3.63) is 29.3 Å². The van der Waals surface area contributed by atoms with E-state index < -0.39 is 0 Å². The molecule has 0 unspecified atom stereocenters. The third-order valence-electron chi connectivity index (χ3n) is 2.73. The maximum Gasteiger partial charge on any atom is 0.253 e.